The van der Waals surface area contributed by atoms with Crippen LogP contribution in [-0.2, 0) is 0 Å². The molecule has 1 heterocycles. The second-order valence-corrected chi connectivity index (χ2v) is 5.87. The molecule has 0 atom stereocenters. The summed E-state index contributed by atoms with van der Waals surface area (Å²) in [4.78, 5) is 12.5. The molecule has 1 rings (SSSR count). The first kappa shape index (κ1) is 20.9. The molecule has 0 fully saturated rings. The van der Waals surface area contributed by atoms with Gasteiger partial charge in [-0.3, -0.25) is 15.0 Å². The summed E-state index contributed by atoms with van der Waals surface area (Å²) in [6.07, 6.45) is 7.67. The maximum Gasteiger partial charge on any atom is 0.239 e. The fourth-order valence-electron chi connectivity index (χ4n) is 2.35. The molecule has 1 aliphatic rings. The van der Waals surface area contributed by atoms with E-state index in [1.165, 1.54) is 0 Å². The number of nitrogens with one attached hydrogen (secondary N) is 1. The zero-order valence-electron chi connectivity index (χ0n) is 15.1. The van der Waals surface area contributed by atoms with Gasteiger partial charge in [-0.1, -0.05) is 19.4 Å². The minimum atomic E-state index is -2.32. The van der Waals surface area contributed by atoms with Gasteiger partial charge < -0.3 is 5.32 Å². The van der Waals surface area contributed by atoms with E-state index < -0.39 is 6.43 Å². The quantitative estimate of drug-likeness (QED) is 0.426. The lowest BCUT2D eigenvalue weighted by atomic mass is 9.99. The van der Waals surface area contributed by atoms with E-state index in [9.17, 15) is 8.78 Å². The smallest absolute Gasteiger partial charge is 0.239 e. The molecule has 0 radical (unpaired) electrons. The molecule has 0 aromatic rings. The number of rotatable bonds is 11. The van der Waals surface area contributed by atoms with Gasteiger partial charge >= 0.3 is 0 Å². The molecule has 6 heteroatoms. The van der Waals surface area contributed by atoms with Crippen molar-refractivity contribution in [3.05, 3.63) is 35.3 Å². The minimum Gasteiger partial charge on any atom is -0.379 e. The number of hydrogen-bond donors (Lipinski definition) is 1. The zero-order chi connectivity index (χ0) is 18.5. The monoisotopic (exact) mass is 350 g/mol. The van der Waals surface area contributed by atoms with Crippen LogP contribution in [0.5, 0.6) is 0 Å². The van der Waals surface area contributed by atoms with Gasteiger partial charge in [0.2, 0.25) is 6.43 Å². The Balaban J connectivity index is 2.76. The predicted molar refractivity (Wildman–Crippen MR) is 103 cm³/mol. The van der Waals surface area contributed by atoms with Gasteiger partial charge in [-0.2, -0.15) is 0 Å². The lowest BCUT2D eigenvalue weighted by Crippen LogP contribution is -2.22. The van der Waals surface area contributed by atoms with Crippen molar-refractivity contribution in [3.63, 3.8) is 0 Å². The van der Waals surface area contributed by atoms with Crippen molar-refractivity contribution in [2.45, 2.75) is 52.4 Å². The number of nitrogens with zero attached hydrogens (tertiary/aromatic N) is 3. The van der Waals surface area contributed by atoms with Crippen molar-refractivity contribution >= 4 is 18.6 Å². The van der Waals surface area contributed by atoms with Gasteiger partial charge in [0, 0.05) is 43.0 Å². The number of aliphatic imine (C=N–C) groups is 3. The van der Waals surface area contributed by atoms with Crippen LogP contribution in [0.15, 0.2) is 50.3 Å². The molecular formula is C19H28F2N4. The number of dihydropyridines is 1. The molecule has 0 aromatic heterocycles. The Morgan fingerprint density at radius 2 is 2.12 bits per heavy atom. The molecule has 1 aliphatic heterocycles. The number of alkyl halides is 2. The Hall–Kier alpha value is -2.11. The van der Waals surface area contributed by atoms with Crippen LogP contribution in [-0.4, -0.2) is 38.2 Å². The van der Waals surface area contributed by atoms with Gasteiger partial charge in [-0.05, 0) is 44.0 Å². The van der Waals surface area contributed by atoms with Crippen LogP contribution in [0.2, 0.25) is 0 Å². The van der Waals surface area contributed by atoms with Crippen LogP contribution in [0.1, 0.15) is 46.0 Å². The lowest BCUT2D eigenvalue weighted by molar-refractivity contribution is 0.138. The summed E-state index contributed by atoms with van der Waals surface area (Å²) in [5, 5.41) is 3.28. The molecule has 0 aliphatic carbocycles. The van der Waals surface area contributed by atoms with Crippen molar-refractivity contribution in [2.24, 2.45) is 15.0 Å². The van der Waals surface area contributed by atoms with E-state index in [0.29, 0.717) is 6.54 Å². The first-order valence-corrected chi connectivity index (χ1v) is 8.66. The highest BCUT2D eigenvalue weighted by molar-refractivity contribution is 5.86. The SMILES string of the molecule is C=N/C=C(CCC(F)F)/C(=C/N=C(C)CNC1=CCCN=C1)CCC. The first-order valence-electron chi connectivity index (χ1n) is 8.66. The van der Waals surface area contributed by atoms with Crippen molar-refractivity contribution in [2.75, 3.05) is 13.1 Å². The standard InChI is InChI=1S/C19H28F2N4/c1-4-6-16(17(12-22-3)8-9-19(20)21)13-24-15(2)11-25-18-7-5-10-23-14-18/h7,12-14,19,25H,3-6,8-11H2,1-2H3/b16-13+,17-12+,24-15?. The zero-order valence-corrected chi connectivity index (χ0v) is 15.1. The Morgan fingerprint density at radius 1 is 1.36 bits per heavy atom. The third kappa shape index (κ3) is 9.08. The highest BCUT2D eigenvalue weighted by atomic mass is 19.3. The van der Waals surface area contributed by atoms with Gasteiger partial charge in [0.25, 0.3) is 0 Å². The minimum absolute atomic E-state index is 0.180. The Morgan fingerprint density at radius 3 is 2.72 bits per heavy atom. The Bertz CT molecular complexity index is 572. The number of hydrogen-bond acceptors (Lipinski definition) is 4. The van der Waals surface area contributed by atoms with E-state index in [0.717, 1.165) is 48.4 Å². The summed E-state index contributed by atoms with van der Waals surface area (Å²) in [5.74, 6) is 0. The molecule has 0 spiro atoms. The molecule has 0 unspecified atom stereocenters. The van der Waals surface area contributed by atoms with Crippen molar-refractivity contribution in [1.82, 2.24) is 5.32 Å². The molecule has 25 heavy (non-hydrogen) atoms. The maximum atomic E-state index is 12.5. The third-order valence-electron chi connectivity index (χ3n) is 3.65. The number of allylic oxidation sites excluding steroid dienone is 3. The van der Waals surface area contributed by atoms with Gasteiger partial charge in [0.05, 0.1) is 6.54 Å². The summed E-state index contributed by atoms with van der Waals surface area (Å²) >= 11 is 0. The Kier molecular flexibility index (Phi) is 10.3. The van der Waals surface area contributed by atoms with E-state index in [-0.39, 0.29) is 12.8 Å². The average Bonchev–Trinajstić information content (AvgIpc) is 2.61. The van der Waals surface area contributed by atoms with E-state index >= 15 is 0 Å². The molecule has 138 valence electrons. The first-order chi connectivity index (χ1) is 12.1. The lowest BCUT2D eigenvalue weighted by Gasteiger charge is -2.11. The molecule has 0 saturated carbocycles. The highest BCUT2D eigenvalue weighted by Gasteiger charge is 2.09. The average molecular weight is 350 g/mol. The largest absolute Gasteiger partial charge is 0.379 e. The molecular weight excluding hydrogens is 322 g/mol. The summed E-state index contributed by atoms with van der Waals surface area (Å²) in [5.41, 5.74) is 3.64. The molecule has 0 aromatic carbocycles. The van der Waals surface area contributed by atoms with Crippen LogP contribution in [0.25, 0.3) is 0 Å². The molecule has 4 nitrogen and oxygen atoms in total. The summed E-state index contributed by atoms with van der Waals surface area (Å²) in [6.45, 7) is 8.88. The fraction of sp³-hybridized carbons (Fsp3) is 0.526. The number of halogens is 2. The van der Waals surface area contributed by atoms with Crippen molar-refractivity contribution in [3.8, 4) is 0 Å². The van der Waals surface area contributed by atoms with Crippen molar-refractivity contribution < 1.29 is 8.78 Å². The van der Waals surface area contributed by atoms with E-state index in [2.05, 4.69) is 33.1 Å². The molecule has 0 amide bonds. The van der Waals surface area contributed by atoms with Gasteiger partial charge in [-0.15, -0.1) is 0 Å². The van der Waals surface area contributed by atoms with Crippen LogP contribution < -0.4 is 5.32 Å². The van der Waals surface area contributed by atoms with E-state index in [4.69, 9.17) is 0 Å². The van der Waals surface area contributed by atoms with Crippen molar-refractivity contribution in [1.29, 1.82) is 0 Å². The summed E-state index contributed by atoms with van der Waals surface area (Å²) < 4.78 is 25.1. The van der Waals surface area contributed by atoms with Gasteiger partial charge in [0.1, 0.15) is 0 Å². The maximum absolute atomic E-state index is 12.5. The van der Waals surface area contributed by atoms with Gasteiger partial charge in [0.15, 0.2) is 0 Å². The van der Waals surface area contributed by atoms with Crippen LogP contribution >= 0.6 is 0 Å². The molecule has 0 saturated heterocycles. The Labute approximate surface area is 149 Å². The molecule has 1 N–H and O–H groups in total. The van der Waals surface area contributed by atoms with Gasteiger partial charge in [-0.25, -0.2) is 8.78 Å². The summed E-state index contributed by atoms with van der Waals surface area (Å²) in [6, 6.07) is 0. The highest BCUT2D eigenvalue weighted by Crippen LogP contribution is 2.23. The second kappa shape index (κ2) is 12.3. The topological polar surface area (TPSA) is 49.1 Å². The van der Waals surface area contributed by atoms with E-state index in [1.54, 1.807) is 12.4 Å². The fourth-order valence-corrected chi connectivity index (χ4v) is 2.35. The predicted octanol–water partition coefficient (Wildman–Crippen LogP) is 4.71. The summed E-state index contributed by atoms with van der Waals surface area (Å²) in [7, 11) is 0. The van der Waals surface area contributed by atoms with Crippen LogP contribution in [0, 0.1) is 0 Å². The molecule has 0 bridgehead atoms. The van der Waals surface area contributed by atoms with E-state index in [1.807, 2.05) is 20.1 Å². The van der Waals surface area contributed by atoms with Crippen LogP contribution in [0.3, 0.4) is 0 Å². The van der Waals surface area contributed by atoms with Crippen LogP contribution in [0.4, 0.5) is 8.78 Å². The second-order valence-electron chi connectivity index (χ2n) is 5.87. The third-order valence-corrected chi connectivity index (χ3v) is 3.65. The normalized spacial score (nSPS) is 16.2.